The first-order valence-electron chi connectivity index (χ1n) is 6.05. The number of fused-ring (bicyclic) bond motifs is 2. The Hall–Kier alpha value is -1.10. The van der Waals surface area contributed by atoms with Crippen molar-refractivity contribution < 1.29 is 24.2 Å². The highest BCUT2D eigenvalue weighted by atomic mass is 16.5. The van der Waals surface area contributed by atoms with Crippen molar-refractivity contribution in [3.8, 4) is 0 Å². The molecular weight excluding hydrogens is 224 g/mol. The van der Waals surface area contributed by atoms with Crippen molar-refractivity contribution in [1.29, 1.82) is 0 Å². The molecule has 2 saturated heterocycles. The molecule has 2 aliphatic rings. The zero-order chi connectivity index (χ0) is 12.8. The van der Waals surface area contributed by atoms with E-state index in [0.29, 0.717) is 18.6 Å². The van der Waals surface area contributed by atoms with E-state index in [4.69, 9.17) is 19.4 Å². The monoisotopic (exact) mass is 244 g/mol. The molecule has 0 aliphatic carbocycles. The largest absolute Gasteiger partial charge is 0.483 e. The van der Waals surface area contributed by atoms with Crippen LogP contribution in [0.15, 0.2) is 0 Å². The lowest BCUT2D eigenvalue weighted by Crippen LogP contribution is -2.33. The number of carbonyl (C=O) groups excluding carboxylic acids is 1. The van der Waals surface area contributed by atoms with E-state index < -0.39 is 0 Å². The van der Waals surface area contributed by atoms with Gasteiger partial charge < -0.3 is 14.6 Å². The lowest BCUT2D eigenvalue weighted by Gasteiger charge is -2.22. The van der Waals surface area contributed by atoms with Crippen LogP contribution in [-0.4, -0.2) is 36.4 Å². The Labute approximate surface area is 101 Å². The van der Waals surface area contributed by atoms with Crippen LogP contribution in [0.5, 0.6) is 0 Å². The Kier molecular flexibility index (Phi) is 5.41. The number of rotatable bonds is 3. The Morgan fingerprint density at radius 1 is 1.47 bits per heavy atom. The first-order valence-corrected chi connectivity index (χ1v) is 6.05. The predicted octanol–water partition coefficient (Wildman–Crippen LogP) is 1.45. The summed E-state index contributed by atoms with van der Waals surface area (Å²) in [6.07, 6.45) is 3.48. The van der Waals surface area contributed by atoms with Crippen LogP contribution in [0.2, 0.25) is 0 Å². The third-order valence-electron chi connectivity index (χ3n) is 3.36. The minimum Gasteiger partial charge on any atom is -0.483 e. The molecule has 2 heterocycles. The zero-order valence-corrected chi connectivity index (χ0v) is 10.3. The van der Waals surface area contributed by atoms with Crippen LogP contribution in [0.1, 0.15) is 33.1 Å². The molecule has 0 aromatic carbocycles. The highest BCUT2D eigenvalue weighted by molar-refractivity contribution is 5.74. The summed E-state index contributed by atoms with van der Waals surface area (Å²) >= 11 is 0. The number of carboxylic acid groups (broad SMARTS) is 1. The van der Waals surface area contributed by atoms with Crippen LogP contribution < -0.4 is 0 Å². The maximum atomic E-state index is 11.7. The number of esters is 1. The van der Waals surface area contributed by atoms with E-state index >= 15 is 0 Å². The van der Waals surface area contributed by atoms with Gasteiger partial charge in [-0.2, -0.15) is 0 Å². The van der Waals surface area contributed by atoms with Crippen LogP contribution >= 0.6 is 0 Å². The first-order chi connectivity index (χ1) is 8.15. The van der Waals surface area contributed by atoms with Crippen LogP contribution in [-0.2, 0) is 19.1 Å². The molecule has 2 bridgehead atoms. The van der Waals surface area contributed by atoms with Gasteiger partial charge in [0, 0.05) is 0 Å². The molecule has 0 spiro atoms. The Morgan fingerprint density at radius 2 is 2.06 bits per heavy atom. The quantitative estimate of drug-likeness (QED) is 0.601. The minimum atomic E-state index is -0.250. The molecule has 0 amide bonds. The second-order valence-electron chi connectivity index (χ2n) is 4.45. The number of hydrogen-bond acceptors (Lipinski definition) is 4. The summed E-state index contributed by atoms with van der Waals surface area (Å²) in [5.41, 5.74) is 0. The standard InChI is InChI=1S/C11H18O3.CH2O2/c1-3-6-13-11(12)10-7(2)8-4-5-9(10)14-8;2-1-3/h7-10H,3-6H2,1-2H3;1H,(H,2,3). The van der Waals surface area contributed by atoms with Crippen LogP contribution in [0, 0.1) is 11.8 Å². The second-order valence-corrected chi connectivity index (χ2v) is 4.45. The van der Waals surface area contributed by atoms with Crippen molar-refractivity contribution in [3.05, 3.63) is 0 Å². The number of ether oxygens (including phenoxy) is 2. The zero-order valence-electron chi connectivity index (χ0n) is 10.3. The summed E-state index contributed by atoms with van der Waals surface area (Å²) in [7, 11) is 0. The third-order valence-corrected chi connectivity index (χ3v) is 3.36. The van der Waals surface area contributed by atoms with Gasteiger partial charge in [-0.1, -0.05) is 13.8 Å². The van der Waals surface area contributed by atoms with Crippen molar-refractivity contribution in [2.45, 2.75) is 45.3 Å². The van der Waals surface area contributed by atoms with E-state index in [9.17, 15) is 4.79 Å². The molecule has 1 N–H and O–H groups in total. The maximum Gasteiger partial charge on any atom is 0.311 e. The molecule has 2 fully saturated rings. The van der Waals surface area contributed by atoms with Crippen molar-refractivity contribution in [2.24, 2.45) is 11.8 Å². The smallest absolute Gasteiger partial charge is 0.311 e. The van der Waals surface area contributed by atoms with E-state index in [1.165, 1.54) is 0 Å². The highest BCUT2D eigenvalue weighted by Gasteiger charge is 2.50. The SMILES string of the molecule is CCCOC(=O)C1C2CCC(O2)C1C.O=CO. The number of carbonyl (C=O) groups is 2. The van der Waals surface area contributed by atoms with Crippen molar-refractivity contribution in [3.63, 3.8) is 0 Å². The van der Waals surface area contributed by atoms with Gasteiger partial charge in [-0.3, -0.25) is 9.59 Å². The summed E-state index contributed by atoms with van der Waals surface area (Å²) in [6, 6.07) is 0. The molecule has 17 heavy (non-hydrogen) atoms. The van der Waals surface area contributed by atoms with E-state index in [1.807, 2.05) is 6.92 Å². The summed E-state index contributed by atoms with van der Waals surface area (Å²) in [6.45, 7) is 4.40. The van der Waals surface area contributed by atoms with Gasteiger partial charge in [0.05, 0.1) is 24.7 Å². The van der Waals surface area contributed by atoms with E-state index in [1.54, 1.807) is 0 Å². The Balaban J connectivity index is 0.000000437. The van der Waals surface area contributed by atoms with Crippen LogP contribution in [0.25, 0.3) is 0 Å². The van der Waals surface area contributed by atoms with Gasteiger partial charge in [0.25, 0.3) is 6.47 Å². The van der Waals surface area contributed by atoms with E-state index in [2.05, 4.69) is 6.92 Å². The van der Waals surface area contributed by atoms with Gasteiger partial charge in [-0.15, -0.1) is 0 Å². The van der Waals surface area contributed by atoms with Crippen LogP contribution in [0.3, 0.4) is 0 Å². The molecule has 0 saturated carbocycles. The maximum absolute atomic E-state index is 11.7. The van der Waals surface area contributed by atoms with E-state index in [0.717, 1.165) is 19.3 Å². The van der Waals surface area contributed by atoms with Gasteiger partial charge in [0.1, 0.15) is 0 Å². The average Bonchev–Trinajstić information content (AvgIpc) is 2.87. The molecule has 4 unspecified atom stereocenters. The van der Waals surface area contributed by atoms with Gasteiger partial charge in [-0.25, -0.2) is 0 Å². The van der Waals surface area contributed by atoms with Crippen molar-refractivity contribution >= 4 is 12.4 Å². The fourth-order valence-corrected chi connectivity index (χ4v) is 2.58. The fraction of sp³-hybridized carbons (Fsp3) is 0.833. The van der Waals surface area contributed by atoms with E-state index in [-0.39, 0.29) is 24.5 Å². The molecule has 0 radical (unpaired) electrons. The van der Waals surface area contributed by atoms with Gasteiger partial charge in [0.2, 0.25) is 0 Å². The third kappa shape index (κ3) is 3.19. The van der Waals surface area contributed by atoms with Crippen LogP contribution in [0.4, 0.5) is 0 Å². The first kappa shape index (κ1) is 14.0. The van der Waals surface area contributed by atoms with Crippen molar-refractivity contribution in [2.75, 3.05) is 6.61 Å². The van der Waals surface area contributed by atoms with Gasteiger partial charge in [0.15, 0.2) is 0 Å². The topological polar surface area (TPSA) is 72.8 Å². The summed E-state index contributed by atoms with van der Waals surface area (Å²) < 4.78 is 10.9. The molecule has 2 rings (SSSR count). The molecule has 5 nitrogen and oxygen atoms in total. The molecule has 0 aromatic rings. The molecule has 4 atom stereocenters. The fourth-order valence-electron chi connectivity index (χ4n) is 2.58. The second kappa shape index (κ2) is 6.59. The van der Waals surface area contributed by atoms with Crippen molar-refractivity contribution in [1.82, 2.24) is 0 Å². The normalized spacial score (nSPS) is 33.8. The number of hydrogen-bond donors (Lipinski definition) is 1. The lowest BCUT2D eigenvalue weighted by molar-refractivity contribution is -0.151. The average molecular weight is 244 g/mol. The summed E-state index contributed by atoms with van der Waals surface area (Å²) in [5.74, 6) is 0.296. The Bertz CT molecular complexity index is 264. The molecule has 0 aromatic heterocycles. The van der Waals surface area contributed by atoms with Gasteiger partial charge in [-0.05, 0) is 25.2 Å². The molecule has 2 aliphatic heterocycles. The lowest BCUT2D eigenvalue weighted by atomic mass is 9.80. The minimum absolute atomic E-state index is 0.000278. The molecule has 98 valence electrons. The summed E-state index contributed by atoms with van der Waals surface area (Å²) in [5, 5.41) is 6.89. The molecular formula is C12H20O5. The van der Waals surface area contributed by atoms with Gasteiger partial charge >= 0.3 is 5.97 Å². The molecule has 5 heteroatoms. The Morgan fingerprint density at radius 3 is 2.53 bits per heavy atom. The highest BCUT2D eigenvalue weighted by Crippen LogP contribution is 2.43. The summed E-state index contributed by atoms with van der Waals surface area (Å²) in [4.78, 5) is 20.1. The predicted molar refractivity (Wildman–Crippen MR) is 60.5 cm³/mol.